The maximum Gasteiger partial charge on any atom is 0.442 e. The number of alkyl halides is 6. The van der Waals surface area contributed by atoms with E-state index in [1.807, 2.05) is 4.90 Å². The SMILES string of the molecule is C#CCOc1cc(-c2ccc3c(n2)N(C(=O)Nc2cccc(C4(C(F)(F)F)N=N4)c2)[C@H]2CCN3C2)cc(C(F)(F)F)c1. The molecule has 2 bridgehead atoms. The van der Waals surface area contributed by atoms with Crippen LogP contribution in [0.15, 0.2) is 64.8 Å². The van der Waals surface area contributed by atoms with Crippen molar-refractivity contribution in [3.8, 4) is 29.4 Å². The van der Waals surface area contributed by atoms with Crippen molar-refractivity contribution in [2.75, 3.05) is 34.8 Å². The third-order valence-corrected chi connectivity index (χ3v) is 7.23. The number of ether oxygens (including phenoxy) is 1. The second kappa shape index (κ2) is 9.64. The lowest BCUT2D eigenvalue weighted by molar-refractivity contribution is -0.166. The zero-order valence-corrected chi connectivity index (χ0v) is 21.5. The molecule has 2 amide bonds. The van der Waals surface area contributed by atoms with Gasteiger partial charge in [0.15, 0.2) is 5.82 Å². The minimum atomic E-state index is -4.73. The van der Waals surface area contributed by atoms with Crippen molar-refractivity contribution >= 4 is 23.2 Å². The molecule has 0 saturated carbocycles. The molecule has 2 aromatic carbocycles. The highest BCUT2D eigenvalue weighted by Gasteiger charge is 2.65. The number of anilines is 3. The minimum Gasteiger partial charge on any atom is -0.481 e. The quantitative estimate of drug-likeness (QED) is 0.270. The number of pyridine rings is 1. The summed E-state index contributed by atoms with van der Waals surface area (Å²) in [5, 5.41) is 9.04. The van der Waals surface area contributed by atoms with Gasteiger partial charge in [0.1, 0.15) is 12.4 Å². The van der Waals surface area contributed by atoms with E-state index in [4.69, 9.17) is 11.2 Å². The molecule has 3 aliphatic rings. The summed E-state index contributed by atoms with van der Waals surface area (Å²) in [4.78, 5) is 21.6. The van der Waals surface area contributed by atoms with E-state index in [-0.39, 0.29) is 46.7 Å². The molecular formula is C28H20F6N6O2. The van der Waals surface area contributed by atoms with E-state index in [2.05, 4.69) is 26.4 Å². The van der Waals surface area contributed by atoms with Gasteiger partial charge >= 0.3 is 24.0 Å². The standard InChI is InChI=1S/C28H20F6N6O2/c1-2-10-42-21-12-16(11-18(14-21)27(29,30)31)22-6-7-23-24(36-22)40(20-8-9-39(23)15-20)25(41)35-19-5-3-4-17(13-19)26(37-38-26)28(32,33)34/h1,3-7,11-14,20H,8-10,15H2,(H,35,41)/t20-/m0/s1. The first-order valence-corrected chi connectivity index (χ1v) is 12.7. The van der Waals surface area contributed by atoms with Crippen LogP contribution in [0.1, 0.15) is 17.5 Å². The molecule has 14 heteroatoms. The molecule has 4 heterocycles. The summed E-state index contributed by atoms with van der Waals surface area (Å²) in [6.45, 7) is 0.864. The van der Waals surface area contributed by atoms with E-state index in [0.29, 0.717) is 25.2 Å². The molecule has 8 nitrogen and oxygen atoms in total. The zero-order chi connectivity index (χ0) is 29.9. The normalized spacial score (nSPS) is 18.4. The summed E-state index contributed by atoms with van der Waals surface area (Å²) in [6.07, 6.45) is -3.63. The molecule has 1 saturated heterocycles. The molecule has 1 fully saturated rings. The van der Waals surface area contributed by atoms with Gasteiger partial charge in [-0.3, -0.25) is 4.90 Å². The molecule has 0 spiro atoms. The highest BCUT2D eigenvalue weighted by molar-refractivity contribution is 6.04. The molecule has 216 valence electrons. The Hall–Kier alpha value is -4.80. The van der Waals surface area contributed by atoms with Gasteiger partial charge in [-0.15, -0.1) is 16.7 Å². The number of fused-ring (bicyclic) bond motifs is 4. The van der Waals surface area contributed by atoms with Crippen molar-refractivity contribution < 1.29 is 35.9 Å². The smallest absolute Gasteiger partial charge is 0.442 e. The number of amides is 2. The van der Waals surface area contributed by atoms with Gasteiger partial charge in [-0.1, -0.05) is 18.1 Å². The van der Waals surface area contributed by atoms with Gasteiger partial charge in [0, 0.05) is 29.9 Å². The summed E-state index contributed by atoms with van der Waals surface area (Å²) in [6, 6.07) is 10.5. The maximum atomic E-state index is 13.7. The average Bonchev–Trinajstić information content (AvgIpc) is 3.68. The minimum absolute atomic E-state index is 0.0877. The summed E-state index contributed by atoms with van der Waals surface area (Å²) in [5.74, 6) is 2.32. The molecule has 1 aromatic heterocycles. The molecule has 1 atom stereocenters. The van der Waals surface area contributed by atoms with Crippen molar-refractivity contribution in [1.82, 2.24) is 4.98 Å². The number of rotatable bonds is 5. The number of carbonyl (C=O) groups is 1. The van der Waals surface area contributed by atoms with Crippen molar-refractivity contribution in [2.45, 2.75) is 30.5 Å². The highest BCUT2D eigenvalue weighted by atomic mass is 19.4. The molecule has 1 N–H and O–H groups in total. The van der Waals surface area contributed by atoms with E-state index in [1.54, 1.807) is 12.1 Å². The van der Waals surface area contributed by atoms with Gasteiger partial charge in [0.25, 0.3) is 0 Å². The van der Waals surface area contributed by atoms with E-state index >= 15 is 0 Å². The molecule has 0 radical (unpaired) electrons. The number of halogens is 6. The summed E-state index contributed by atoms with van der Waals surface area (Å²) in [7, 11) is 0. The van der Waals surface area contributed by atoms with Crippen LogP contribution in [-0.2, 0) is 11.8 Å². The van der Waals surface area contributed by atoms with Crippen molar-refractivity contribution in [1.29, 1.82) is 0 Å². The highest BCUT2D eigenvalue weighted by Crippen LogP contribution is 2.52. The molecule has 3 aliphatic heterocycles. The number of aromatic nitrogens is 1. The number of hydrogen-bond acceptors (Lipinski definition) is 6. The fourth-order valence-corrected chi connectivity index (χ4v) is 5.19. The average molecular weight is 586 g/mol. The lowest BCUT2D eigenvalue weighted by Crippen LogP contribution is -2.48. The predicted molar refractivity (Wildman–Crippen MR) is 140 cm³/mol. The van der Waals surface area contributed by atoms with Crippen molar-refractivity contribution in [3.63, 3.8) is 0 Å². The first-order chi connectivity index (χ1) is 19.9. The largest absolute Gasteiger partial charge is 0.481 e. The third-order valence-electron chi connectivity index (χ3n) is 7.23. The Balaban J connectivity index is 1.34. The number of benzene rings is 2. The van der Waals surface area contributed by atoms with Gasteiger partial charge in [0.05, 0.1) is 23.0 Å². The Morgan fingerprint density at radius 1 is 1.10 bits per heavy atom. The zero-order valence-electron chi connectivity index (χ0n) is 21.5. The van der Waals surface area contributed by atoms with Crippen LogP contribution >= 0.6 is 0 Å². The summed E-state index contributed by atoms with van der Waals surface area (Å²) >= 11 is 0. The molecular weight excluding hydrogens is 566 g/mol. The van der Waals surface area contributed by atoms with Gasteiger partial charge < -0.3 is 15.0 Å². The van der Waals surface area contributed by atoms with Gasteiger partial charge in [0.2, 0.25) is 0 Å². The van der Waals surface area contributed by atoms with Crippen LogP contribution in [0.25, 0.3) is 11.3 Å². The number of terminal acetylenes is 1. The number of carbonyl (C=O) groups excluding carboxylic acids is 1. The van der Waals surface area contributed by atoms with E-state index in [9.17, 15) is 31.1 Å². The first-order valence-electron chi connectivity index (χ1n) is 12.7. The monoisotopic (exact) mass is 586 g/mol. The predicted octanol–water partition coefficient (Wildman–Crippen LogP) is 6.59. The number of hydrogen-bond donors (Lipinski definition) is 1. The Morgan fingerprint density at radius 2 is 1.88 bits per heavy atom. The third kappa shape index (κ3) is 4.74. The van der Waals surface area contributed by atoms with Gasteiger partial charge in [-0.2, -0.15) is 26.3 Å². The molecule has 0 unspecified atom stereocenters. The second-order valence-electron chi connectivity index (χ2n) is 9.92. The van der Waals surface area contributed by atoms with Crippen LogP contribution in [-0.4, -0.2) is 42.9 Å². The fraction of sp³-hybridized carbons (Fsp3) is 0.286. The van der Waals surface area contributed by atoms with Crippen LogP contribution in [0.4, 0.5) is 48.3 Å². The second-order valence-corrected chi connectivity index (χ2v) is 9.92. The molecule has 0 aliphatic carbocycles. The summed E-state index contributed by atoms with van der Waals surface area (Å²) in [5.41, 5.74) is -2.93. The van der Waals surface area contributed by atoms with Crippen LogP contribution in [0.3, 0.4) is 0 Å². The number of urea groups is 1. The lowest BCUT2D eigenvalue weighted by atomic mass is 10.0. The Bertz CT molecular complexity index is 1640. The first kappa shape index (κ1) is 27.4. The molecule has 6 rings (SSSR count). The van der Waals surface area contributed by atoms with Crippen LogP contribution < -0.4 is 19.9 Å². The van der Waals surface area contributed by atoms with Crippen molar-refractivity contribution in [2.24, 2.45) is 10.2 Å². The molecule has 42 heavy (non-hydrogen) atoms. The van der Waals surface area contributed by atoms with E-state index < -0.39 is 29.6 Å². The Labute approximate surface area is 235 Å². The Morgan fingerprint density at radius 3 is 2.57 bits per heavy atom. The maximum absolute atomic E-state index is 13.7. The van der Waals surface area contributed by atoms with Crippen molar-refractivity contribution in [3.05, 3.63) is 65.7 Å². The van der Waals surface area contributed by atoms with Gasteiger partial charge in [-0.25, -0.2) is 9.78 Å². The van der Waals surface area contributed by atoms with E-state index in [1.165, 1.54) is 29.2 Å². The fourth-order valence-electron chi connectivity index (χ4n) is 5.19. The lowest BCUT2D eigenvalue weighted by Gasteiger charge is -2.36. The van der Waals surface area contributed by atoms with Crippen LogP contribution in [0, 0.1) is 12.3 Å². The Kier molecular flexibility index (Phi) is 6.29. The topological polar surface area (TPSA) is 82.4 Å². The summed E-state index contributed by atoms with van der Waals surface area (Å²) < 4.78 is 86.8. The van der Waals surface area contributed by atoms with Crippen LogP contribution in [0.2, 0.25) is 0 Å². The number of nitrogens with zero attached hydrogens (tertiary/aromatic N) is 5. The van der Waals surface area contributed by atoms with E-state index in [0.717, 1.165) is 18.2 Å². The van der Waals surface area contributed by atoms with Crippen LogP contribution in [0.5, 0.6) is 5.75 Å². The van der Waals surface area contributed by atoms with Gasteiger partial charge in [-0.05, 0) is 48.9 Å². The molecule has 3 aromatic rings. The number of nitrogens with one attached hydrogen (secondary N) is 1.